The van der Waals surface area contributed by atoms with Crippen molar-refractivity contribution in [3.8, 4) is 5.75 Å². The van der Waals surface area contributed by atoms with E-state index in [0.29, 0.717) is 17.0 Å². The fraction of sp³-hybridized carbons (Fsp3) is 0.0769. The molecule has 0 saturated carbocycles. The SMILES string of the molecule is COc1ccc(C(=O)c2ccccn2)cc1Br. The van der Waals surface area contributed by atoms with Crippen molar-refractivity contribution in [2.45, 2.75) is 0 Å². The molecule has 0 radical (unpaired) electrons. The van der Waals surface area contributed by atoms with Gasteiger partial charge in [0, 0.05) is 11.8 Å². The number of hydrogen-bond acceptors (Lipinski definition) is 3. The Morgan fingerprint density at radius 1 is 1.29 bits per heavy atom. The van der Waals surface area contributed by atoms with Crippen LogP contribution in [0.5, 0.6) is 5.75 Å². The highest BCUT2D eigenvalue weighted by Gasteiger charge is 2.11. The third-order valence-electron chi connectivity index (χ3n) is 2.31. The standard InChI is InChI=1S/C13H10BrNO2/c1-17-12-6-5-9(8-10(12)14)13(16)11-4-2-3-7-15-11/h2-8H,1H3. The van der Waals surface area contributed by atoms with E-state index >= 15 is 0 Å². The molecule has 1 aromatic carbocycles. The van der Waals surface area contributed by atoms with Crippen LogP contribution in [0.15, 0.2) is 47.1 Å². The lowest BCUT2D eigenvalue weighted by Crippen LogP contribution is -2.03. The first-order chi connectivity index (χ1) is 8.22. The number of carbonyl (C=O) groups excluding carboxylic acids is 1. The molecule has 0 fully saturated rings. The second-order valence-electron chi connectivity index (χ2n) is 3.39. The summed E-state index contributed by atoms with van der Waals surface area (Å²) in [6, 6.07) is 10.5. The summed E-state index contributed by atoms with van der Waals surface area (Å²) >= 11 is 3.35. The summed E-state index contributed by atoms with van der Waals surface area (Å²) in [7, 11) is 1.58. The number of benzene rings is 1. The molecule has 0 N–H and O–H groups in total. The van der Waals surface area contributed by atoms with E-state index in [9.17, 15) is 4.79 Å². The van der Waals surface area contributed by atoms with E-state index in [2.05, 4.69) is 20.9 Å². The van der Waals surface area contributed by atoms with Crippen molar-refractivity contribution in [2.75, 3.05) is 7.11 Å². The second-order valence-corrected chi connectivity index (χ2v) is 4.25. The fourth-order valence-electron chi connectivity index (χ4n) is 1.45. The van der Waals surface area contributed by atoms with Gasteiger partial charge in [0.05, 0.1) is 11.6 Å². The number of ether oxygens (including phenoxy) is 1. The highest BCUT2D eigenvalue weighted by Crippen LogP contribution is 2.26. The zero-order valence-corrected chi connectivity index (χ0v) is 10.8. The molecular weight excluding hydrogens is 282 g/mol. The Morgan fingerprint density at radius 3 is 2.71 bits per heavy atom. The molecule has 2 aromatic rings. The Balaban J connectivity index is 2.35. The minimum absolute atomic E-state index is 0.103. The fourth-order valence-corrected chi connectivity index (χ4v) is 1.99. The van der Waals surface area contributed by atoms with Crippen LogP contribution in [0.25, 0.3) is 0 Å². The summed E-state index contributed by atoms with van der Waals surface area (Å²) in [6.07, 6.45) is 1.60. The molecule has 0 atom stereocenters. The number of aromatic nitrogens is 1. The second kappa shape index (κ2) is 5.10. The number of carbonyl (C=O) groups is 1. The number of ketones is 1. The van der Waals surface area contributed by atoms with Gasteiger partial charge in [-0.3, -0.25) is 9.78 Å². The number of nitrogens with zero attached hydrogens (tertiary/aromatic N) is 1. The van der Waals surface area contributed by atoms with E-state index < -0.39 is 0 Å². The van der Waals surface area contributed by atoms with Gasteiger partial charge in [0.25, 0.3) is 0 Å². The minimum atomic E-state index is -0.103. The van der Waals surface area contributed by atoms with Crippen molar-refractivity contribution in [1.82, 2.24) is 4.98 Å². The Bertz CT molecular complexity index is 540. The summed E-state index contributed by atoms with van der Waals surface area (Å²) in [5.74, 6) is 0.594. The number of hydrogen-bond donors (Lipinski definition) is 0. The van der Waals surface area contributed by atoms with E-state index in [1.165, 1.54) is 0 Å². The number of methoxy groups -OCH3 is 1. The van der Waals surface area contributed by atoms with Crippen molar-refractivity contribution in [1.29, 1.82) is 0 Å². The van der Waals surface area contributed by atoms with Crippen LogP contribution in [0.1, 0.15) is 16.1 Å². The summed E-state index contributed by atoms with van der Waals surface area (Å²) in [4.78, 5) is 16.1. The van der Waals surface area contributed by atoms with Crippen LogP contribution in [0.3, 0.4) is 0 Å². The molecule has 0 unspecified atom stereocenters. The van der Waals surface area contributed by atoms with Crippen LogP contribution >= 0.6 is 15.9 Å². The maximum absolute atomic E-state index is 12.1. The molecular formula is C13H10BrNO2. The molecule has 2 rings (SSSR count). The first-order valence-corrected chi connectivity index (χ1v) is 5.81. The van der Waals surface area contributed by atoms with Crippen LogP contribution in [0.2, 0.25) is 0 Å². The van der Waals surface area contributed by atoms with E-state index in [-0.39, 0.29) is 5.78 Å². The molecule has 0 saturated heterocycles. The molecule has 0 amide bonds. The Hall–Kier alpha value is -1.68. The third kappa shape index (κ3) is 2.53. The molecule has 3 nitrogen and oxygen atoms in total. The van der Waals surface area contributed by atoms with Gasteiger partial charge in [-0.2, -0.15) is 0 Å². The van der Waals surface area contributed by atoms with Crippen LogP contribution in [-0.2, 0) is 0 Å². The highest BCUT2D eigenvalue weighted by molar-refractivity contribution is 9.10. The number of rotatable bonds is 3. The van der Waals surface area contributed by atoms with Gasteiger partial charge in [-0.1, -0.05) is 6.07 Å². The number of pyridine rings is 1. The maximum Gasteiger partial charge on any atom is 0.211 e. The van der Waals surface area contributed by atoms with Crippen molar-refractivity contribution < 1.29 is 9.53 Å². The average molecular weight is 292 g/mol. The monoisotopic (exact) mass is 291 g/mol. The van der Waals surface area contributed by atoms with Gasteiger partial charge in [-0.05, 0) is 46.3 Å². The summed E-state index contributed by atoms with van der Waals surface area (Å²) in [5, 5.41) is 0. The van der Waals surface area contributed by atoms with E-state index in [1.54, 1.807) is 49.7 Å². The smallest absolute Gasteiger partial charge is 0.211 e. The molecule has 0 bridgehead atoms. The third-order valence-corrected chi connectivity index (χ3v) is 2.93. The predicted octanol–water partition coefficient (Wildman–Crippen LogP) is 3.08. The Labute approximate surface area is 108 Å². The van der Waals surface area contributed by atoms with Crippen molar-refractivity contribution in [3.63, 3.8) is 0 Å². The van der Waals surface area contributed by atoms with Gasteiger partial charge in [-0.15, -0.1) is 0 Å². The van der Waals surface area contributed by atoms with Gasteiger partial charge in [0.2, 0.25) is 5.78 Å². The van der Waals surface area contributed by atoms with Gasteiger partial charge >= 0.3 is 0 Å². The first-order valence-electron chi connectivity index (χ1n) is 5.01. The average Bonchev–Trinajstić information content (AvgIpc) is 2.39. The van der Waals surface area contributed by atoms with Gasteiger partial charge in [0.15, 0.2) is 0 Å². The molecule has 4 heteroatoms. The molecule has 1 heterocycles. The topological polar surface area (TPSA) is 39.2 Å². The van der Waals surface area contributed by atoms with Gasteiger partial charge < -0.3 is 4.74 Å². The van der Waals surface area contributed by atoms with E-state index in [0.717, 1.165) is 4.47 Å². The molecule has 0 aliphatic carbocycles. The Kier molecular flexibility index (Phi) is 3.54. The van der Waals surface area contributed by atoms with Crippen LogP contribution in [0, 0.1) is 0 Å². The van der Waals surface area contributed by atoms with Gasteiger partial charge in [-0.25, -0.2) is 0 Å². The summed E-state index contributed by atoms with van der Waals surface area (Å²) < 4.78 is 5.86. The lowest BCUT2D eigenvalue weighted by Gasteiger charge is -2.05. The number of halogens is 1. The zero-order valence-electron chi connectivity index (χ0n) is 9.18. The molecule has 86 valence electrons. The van der Waals surface area contributed by atoms with E-state index in [4.69, 9.17) is 4.74 Å². The molecule has 1 aromatic heterocycles. The van der Waals surface area contributed by atoms with Crippen LogP contribution in [-0.4, -0.2) is 17.9 Å². The first kappa shape index (κ1) is 11.8. The molecule has 0 aliphatic heterocycles. The predicted molar refractivity (Wildman–Crippen MR) is 68.4 cm³/mol. The molecule has 0 aliphatic rings. The van der Waals surface area contributed by atoms with Crippen LogP contribution in [0.4, 0.5) is 0 Å². The zero-order chi connectivity index (χ0) is 12.3. The summed E-state index contributed by atoms with van der Waals surface area (Å²) in [5.41, 5.74) is 1.01. The van der Waals surface area contributed by atoms with E-state index in [1.807, 2.05) is 0 Å². The highest BCUT2D eigenvalue weighted by atomic mass is 79.9. The maximum atomic E-state index is 12.1. The van der Waals surface area contributed by atoms with Gasteiger partial charge in [0.1, 0.15) is 11.4 Å². The quantitative estimate of drug-likeness (QED) is 0.816. The normalized spacial score (nSPS) is 10.0. The Morgan fingerprint density at radius 2 is 2.12 bits per heavy atom. The lowest BCUT2D eigenvalue weighted by atomic mass is 10.1. The largest absolute Gasteiger partial charge is 0.496 e. The minimum Gasteiger partial charge on any atom is -0.496 e. The molecule has 0 spiro atoms. The van der Waals surface area contributed by atoms with Crippen molar-refractivity contribution in [3.05, 3.63) is 58.3 Å². The van der Waals surface area contributed by atoms with Crippen molar-refractivity contribution >= 4 is 21.7 Å². The summed E-state index contributed by atoms with van der Waals surface area (Å²) in [6.45, 7) is 0. The van der Waals surface area contributed by atoms with Crippen molar-refractivity contribution in [2.24, 2.45) is 0 Å². The lowest BCUT2D eigenvalue weighted by molar-refractivity contribution is 0.103. The van der Waals surface area contributed by atoms with Crippen LogP contribution < -0.4 is 4.74 Å². The molecule has 17 heavy (non-hydrogen) atoms.